The zero-order chi connectivity index (χ0) is 9.84. The normalized spacial score (nSPS) is 20.7. The smallest absolute Gasteiger partial charge is 0.361 e. The SMILES string of the molecule is COC(=O)C1=C(OC)OC(CCl)N1. The van der Waals surface area contributed by atoms with Crippen molar-refractivity contribution in [3.05, 3.63) is 11.6 Å². The third-order valence-corrected chi connectivity index (χ3v) is 1.75. The van der Waals surface area contributed by atoms with E-state index in [1.165, 1.54) is 14.2 Å². The summed E-state index contributed by atoms with van der Waals surface area (Å²) in [4.78, 5) is 11.1. The minimum absolute atomic E-state index is 0.109. The van der Waals surface area contributed by atoms with Gasteiger partial charge in [-0.3, -0.25) is 0 Å². The van der Waals surface area contributed by atoms with Crippen LogP contribution in [0.1, 0.15) is 0 Å². The lowest BCUT2D eigenvalue weighted by molar-refractivity contribution is -0.136. The molecular formula is C7H10ClNO4. The van der Waals surface area contributed by atoms with Gasteiger partial charge in [-0.2, -0.15) is 0 Å². The Bertz CT molecular complexity index is 241. The van der Waals surface area contributed by atoms with Crippen LogP contribution in [0.4, 0.5) is 0 Å². The van der Waals surface area contributed by atoms with Gasteiger partial charge in [0.25, 0.3) is 0 Å². The highest BCUT2D eigenvalue weighted by atomic mass is 35.5. The van der Waals surface area contributed by atoms with Crippen LogP contribution in [0.25, 0.3) is 0 Å². The van der Waals surface area contributed by atoms with E-state index < -0.39 is 12.2 Å². The summed E-state index contributed by atoms with van der Waals surface area (Å²) in [5.41, 5.74) is 0.163. The van der Waals surface area contributed by atoms with Crippen molar-refractivity contribution < 1.29 is 19.0 Å². The van der Waals surface area contributed by atoms with Gasteiger partial charge in [0.15, 0.2) is 6.23 Å². The molecule has 0 aromatic carbocycles. The Morgan fingerprint density at radius 2 is 2.38 bits per heavy atom. The summed E-state index contributed by atoms with van der Waals surface area (Å²) >= 11 is 5.52. The molecule has 1 aliphatic heterocycles. The molecule has 0 saturated carbocycles. The number of methoxy groups -OCH3 is 2. The zero-order valence-corrected chi connectivity index (χ0v) is 8.05. The molecule has 1 rings (SSSR count). The highest BCUT2D eigenvalue weighted by Gasteiger charge is 2.30. The molecule has 6 heteroatoms. The van der Waals surface area contributed by atoms with E-state index in [4.69, 9.17) is 21.1 Å². The van der Waals surface area contributed by atoms with Crippen LogP contribution < -0.4 is 5.32 Å². The van der Waals surface area contributed by atoms with Crippen molar-refractivity contribution in [1.82, 2.24) is 5.32 Å². The fourth-order valence-electron chi connectivity index (χ4n) is 0.902. The second kappa shape index (κ2) is 4.23. The molecule has 0 radical (unpaired) electrons. The van der Waals surface area contributed by atoms with Crippen LogP contribution in [0, 0.1) is 0 Å². The van der Waals surface area contributed by atoms with Crippen molar-refractivity contribution >= 4 is 17.6 Å². The maximum absolute atomic E-state index is 11.1. The molecule has 0 saturated heterocycles. The van der Waals surface area contributed by atoms with Gasteiger partial charge in [-0.15, -0.1) is 11.6 Å². The monoisotopic (exact) mass is 207 g/mol. The van der Waals surface area contributed by atoms with Crippen LogP contribution in [0.3, 0.4) is 0 Å². The summed E-state index contributed by atoms with van der Waals surface area (Å²) in [7, 11) is 2.68. The molecule has 0 amide bonds. The first-order chi connectivity index (χ1) is 6.22. The van der Waals surface area contributed by atoms with Crippen molar-refractivity contribution in [2.24, 2.45) is 0 Å². The number of halogens is 1. The van der Waals surface area contributed by atoms with E-state index in [2.05, 4.69) is 10.1 Å². The van der Waals surface area contributed by atoms with Crippen LogP contribution in [-0.2, 0) is 19.0 Å². The first-order valence-corrected chi connectivity index (χ1v) is 4.12. The summed E-state index contributed by atoms with van der Waals surface area (Å²) < 4.78 is 14.4. The van der Waals surface area contributed by atoms with Crippen LogP contribution in [0.15, 0.2) is 11.6 Å². The topological polar surface area (TPSA) is 56.8 Å². The van der Waals surface area contributed by atoms with Crippen LogP contribution in [0.5, 0.6) is 0 Å². The van der Waals surface area contributed by atoms with Crippen molar-refractivity contribution in [2.45, 2.75) is 6.23 Å². The van der Waals surface area contributed by atoms with Gasteiger partial charge in [0.2, 0.25) is 5.70 Å². The van der Waals surface area contributed by atoms with E-state index in [0.717, 1.165) is 0 Å². The Balaban J connectivity index is 2.73. The second-order valence-electron chi connectivity index (χ2n) is 2.26. The van der Waals surface area contributed by atoms with E-state index in [1.807, 2.05) is 0 Å². The Morgan fingerprint density at radius 3 is 2.85 bits per heavy atom. The molecule has 0 fully saturated rings. The van der Waals surface area contributed by atoms with Gasteiger partial charge < -0.3 is 19.5 Å². The standard InChI is InChI=1S/C7H10ClNO4/c1-11-6(10)5-7(12-2)13-4(3-8)9-5/h4,9H,3H2,1-2H3. The highest BCUT2D eigenvalue weighted by Crippen LogP contribution is 2.17. The summed E-state index contributed by atoms with van der Waals surface area (Å²) in [5, 5.41) is 2.72. The highest BCUT2D eigenvalue weighted by molar-refractivity contribution is 6.18. The van der Waals surface area contributed by atoms with E-state index in [9.17, 15) is 4.79 Å². The first kappa shape index (κ1) is 9.98. The lowest BCUT2D eigenvalue weighted by Gasteiger charge is -2.07. The van der Waals surface area contributed by atoms with Gasteiger partial charge in [-0.05, 0) is 0 Å². The lowest BCUT2D eigenvalue weighted by Crippen LogP contribution is -2.28. The Kier molecular flexibility index (Phi) is 3.25. The van der Waals surface area contributed by atoms with Gasteiger partial charge >= 0.3 is 11.9 Å². The fourth-order valence-corrected chi connectivity index (χ4v) is 1.04. The maximum atomic E-state index is 11.1. The molecule has 0 aromatic rings. The fraction of sp³-hybridized carbons (Fsp3) is 0.571. The molecule has 0 bridgehead atoms. The third-order valence-electron chi connectivity index (χ3n) is 1.47. The molecule has 1 unspecified atom stereocenters. The average molecular weight is 208 g/mol. The zero-order valence-electron chi connectivity index (χ0n) is 7.30. The Hall–Kier alpha value is -1.10. The molecule has 13 heavy (non-hydrogen) atoms. The second-order valence-corrected chi connectivity index (χ2v) is 2.57. The van der Waals surface area contributed by atoms with E-state index in [1.54, 1.807) is 0 Å². The van der Waals surface area contributed by atoms with Gasteiger partial charge in [-0.25, -0.2) is 4.79 Å². The lowest BCUT2D eigenvalue weighted by atomic mass is 10.4. The van der Waals surface area contributed by atoms with Gasteiger partial charge in [0.05, 0.1) is 20.1 Å². The third kappa shape index (κ3) is 1.98. The summed E-state index contributed by atoms with van der Waals surface area (Å²) in [6, 6.07) is 0. The van der Waals surface area contributed by atoms with Gasteiger partial charge in [0, 0.05) is 0 Å². The molecule has 1 atom stereocenters. The van der Waals surface area contributed by atoms with Crippen LogP contribution in [-0.4, -0.2) is 32.3 Å². The minimum Gasteiger partial charge on any atom is -0.467 e. The number of rotatable bonds is 3. The predicted octanol–water partition coefficient (Wildman–Crippen LogP) is 0.160. The number of nitrogens with one attached hydrogen (secondary N) is 1. The van der Waals surface area contributed by atoms with E-state index in [-0.39, 0.29) is 17.5 Å². The summed E-state index contributed by atoms with van der Waals surface area (Å²) in [6.07, 6.45) is -0.439. The van der Waals surface area contributed by atoms with Crippen molar-refractivity contribution in [3.8, 4) is 0 Å². The molecule has 1 heterocycles. The van der Waals surface area contributed by atoms with Crippen molar-refractivity contribution in [1.29, 1.82) is 0 Å². The number of hydrogen-bond donors (Lipinski definition) is 1. The number of alkyl halides is 1. The van der Waals surface area contributed by atoms with E-state index in [0.29, 0.717) is 0 Å². The van der Waals surface area contributed by atoms with Crippen molar-refractivity contribution in [2.75, 3.05) is 20.1 Å². The van der Waals surface area contributed by atoms with Crippen LogP contribution in [0.2, 0.25) is 0 Å². The van der Waals surface area contributed by atoms with Crippen LogP contribution >= 0.6 is 11.6 Å². The Morgan fingerprint density at radius 1 is 1.69 bits per heavy atom. The number of hydrogen-bond acceptors (Lipinski definition) is 5. The van der Waals surface area contributed by atoms with E-state index >= 15 is 0 Å². The number of ether oxygens (including phenoxy) is 3. The summed E-state index contributed by atoms with van der Waals surface area (Å²) in [6.45, 7) is 0. The Labute approximate surface area is 80.6 Å². The number of carbonyl (C=O) groups excluding carboxylic acids is 1. The average Bonchev–Trinajstić information content (AvgIpc) is 2.59. The molecule has 0 aliphatic carbocycles. The number of carbonyl (C=O) groups is 1. The minimum atomic E-state index is -0.538. The molecule has 0 aromatic heterocycles. The molecular weight excluding hydrogens is 198 g/mol. The predicted molar refractivity (Wildman–Crippen MR) is 44.8 cm³/mol. The largest absolute Gasteiger partial charge is 0.467 e. The molecule has 5 nitrogen and oxygen atoms in total. The molecule has 74 valence electrons. The number of esters is 1. The van der Waals surface area contributed by atoms with Crippen molar-refractivity contribution in [3.63, 3.8) is 0 Å². The first-order valence-electron chi connectivity index (χ1n) is 3.58. The molecule has 1 N–H and O–H groups in total. The summed E-state index contributed by atoms with van der Waals surface area (Å²) in [5.74, 6) is -0.213. The quantitative estimate of drug-likeness (QED) is 0.528. The molecule has 1 aliphatic rings. The van der Waals surface area contributed by atoms with Gasteiger partial charge in [-0.1, -0.05) is 0 Å². The maximum Gasteiger partial charge on any atom is 0.361 e. The molecule has 0 spiro atoms. The van der Waals surface area contributed by atoms with Gasteiger partial charge in [0.1, 0.15) is 0 Å².